The van der Waals surface area contributed by atoms with E-state index < -0.39 is 0 Å². The Bertz CT molecular complexity index is 2520. The molecule has 1 aliphatic carbocycles. The van der Waals surface area contributed by atoms with Gasteiger partial charge in [-0.3, -0.25) is 0 Å². The molecule has 0 bridgehead atoms. The van der Waals surface area contributed by atoms with Crippen LogP contribution >= 0.6 is 0 Å². The van der Waals surface area contributed by atoms with Crippen LogP contribution in [-0.4, -0.2) is 15.0 Å². The van der Waals surface area contributed by atoms with Crippen LogP contribution in [-0.2, 0) is 5.41 Å². The predicted octanol–water partition coefficient (Wildman–Crippen LogP) is 11.8. The Labute approximate surface area is 291 Å². The largest absolute Gasteiger partial charge is 0.310 e. The van der Waals surface area contributed by atoms with E-state index in [1.807, 2.05) is 36.4 Å². The minimum Gasteiger partial charge on any atom is -0.310 e. The number of rotatable bonds is 4. The summed E-state index contributed by atoms with van der Waals surface area (Å²) in [5, 5.41) is 2.42. The number of para-hydroxylation sites is 2. The van der Waals surface area contributed by atoms with Crippen LogP contribution in [0.3, 0.4) is 0 Å². The molecule has 0 radical (unpaired) electrons. The summed E-state index contributed by atoms with van der Waals surface area (Å²) in [5.41, 5.74) is 13.9. The highest BCUT2D eigenvalue weighted by atomic mass is 15.2. The van der Waals surface area contributed by atoms with E-state index in [4.69, 9.17) is 15.0 Å². The quantitative estimate of drug-likeness (QED) is 0.192. The number of nitrogens with zero attached hydrogens (tertiary/aromatic N) is 4. The summed E-state index contributed by atoms with van der Waals surface area (Å²) >= 11 is 0. The zero-order valence-corrected chi connectivity index (χ0v) is 27.8. The molecule has 8 aromatic rings. The van der Waals surface area contributed by atoms with E-state index in [0.29, 0.717) is 17.5 Å². The van der Waals surface area contributed by atoms with Gasteiger partial charge in [0.15, 0.2) is 17.5 Å². The van der Waals surface area contributed by atoms with Crippen LogP contribution in [0.5, 0.6) is 0 Å². The van der Waals surface area contributed by atoms with E-state index >= 15 is 0 Å². The molecule has 7 aromatic carbocycles. The molecule has 0 atom stereocenters. The molecule has 0 amide bonds. The summed E-state index contributed by atoms with van der Waals surface area (Å²) in [7, 11) is 0. The highest BCUT2D eigenvalue weighted by molar-refractivity contribution is 6.18. The van der Waals surface area contributed by atoms with Crippen LogP contribution in [0, 0.1) is 0 Å². The molecule has 0 spiro atoms. The van der Waals surface area contributed by atoms with E-state index in [2.05, 4.69) is 140 Å². The highest BCUT2D eigenvalue weighted by Gasteiger charge is 2.37. The fraction of sp³-hybridized carbons (Fsp3) is 0.0652. The first-order valence-corrected chi connectivity index (χ1v) is 17.1. The highest BCUT2D eigenvalue weighted by Crippen LogP contribution is 2.55. The SMILES string of the molecule is CC1(C)c2ccccc2N(c2cc3c4c(cc(-c5nc(-c6ccccc6)nc(-c6ccccc6)n5)cc4c2)-c2ccccc2-3)c2ccccc21. The van der Waals surface area contributed by atoms with Crippen LogP contribution in [0.25, 0.3) is 67.2 Å². The van der Waals surface area contributed by atoms with Crippen LogP contribution in [0.2, 0.25) is 0 Å². The molecule has 10 rings (SSSR count). The minimum atomic E-state index is -0.129. The second kappa shape index (κ2) is 10.8. The number of anilines is 3. The lowest BCUT2D eigenvalue weighted by Crippen LogP contribution is -2.30. The Morgan fingerprint density at radius 1 is 0.420 bits per heavy atom. The molecule has 1 aliphatic heterocycles. The maximum atomic E-state index is 5.11. The molecule has 0 saturated carbocycles. The molecule has 50 heavy (non-hydrogen) atoms. The molecular weight excluding hydrogens is 609 g/mol. The number of hydrogen-bond donors (Lipinski definition) is 0. The third-order valence-electron chi connectivity index (χ3n) is 10.4. The summed E-state index contributed by atoms with van der Waals surface area (Å²) in [4.78, 5) is 17.6. The van der Waals surface area contributed by atoms with Gasteiger partial charge in [-0.25, -0.2) is 15.0 Å². The number of aromatic nitrogens is 3. The summed E-state index contributed by atoms with van der Waals surface area (Å²) < 4.78 is 0. The van der Waals surface area contributed by atoms with Gasteiger partial charge in [-0.1, -0.05) is 135 Å². The maximum Gasteiger partial charge on any atom is 0.164 e. The number of fused-ring (bicyclic) bond motifs is 5. The maximum absolute atomic E-state index is 5.11. The first-order chi connectivity index (χ1) is 24.5. The summed E-state index contributed by atoms with van der Waals surface area (Å²) in [6.45, 7) is 4.66. The Hall–Kier alpha value is -6.39. The van der Waals surface area contributed by atoms with Crippen molar-refractivity contribution in [2.75, 3.05) is 4.90 Å². The molecule has 2 heterocycles. The molecule has 1 aromatic heterocycles. The van der Waals surface area contributed by atoms with Gasteiger partial charge < -0.3 is 4.90 Å². The second-order valence-electron chi connectivity index (χ2n) is 13.7. The van der Waals surface area contributed by atoms with Crippen molar-refractivity contribution in [2.45, 2.75) is 19.3 Å². The van der Waals surface area contributed by atoms with Crippen molar-refractivity contribution in [1.82, 2.24) is 15.0 Å². The van der Waals surface area contributed by atoms with Gasteiger partial charge in [-0.05, 0) is 80.6 Å². The number of hydrogen-bond acceptors (Lipinski definition) is 4. The molecule has 0 fully saturated rings. The van der Waals surface area contributed by atoms with Crippen LogP contribution < -0.4 is 4.90 Å². The van der Waals surface area contributed by atoms with Crippen molar-refractivity contribution in [2.24, 2.45) is 0 Å². The van der Waals surface area contributed by atoms with E-state index in [1.165, 1.54) is 50.1 Å². The first kappa shape index (κ1) is 28.6. The van der Waals surface area contributed by atoms with Crippen LogP contribution in [0.4, 0.5) is 17.1 Å². The van der Waals surface area contributed by atoms with Gasteiger partial charge in [-0.15, -0.1) is 0 Å². The van der Waals surface area contributed by atoms with Crippen molar-refractivity contribution >= 4 is 27.8 Å². The van der Waals surface area contributed by atoms with E-state index in [1.54, 1.807) is 0 Å². The van der Waals surface area contributed by atoms with Crippen LogP contribution in [0.15, 0.2) is 158 Å². The monoisotopic (exact) mass is 640 g/mol. The Morgan fingerprint density at radius 2 is 0.880 bits per heavy atom. The molecule has 236 valence electrons. The topological polar surface area (TPSA) is 41.9 Å². The molecule has 4 nitrogen and oxygen atoms in total. The van der Waals surface area contributed by atoms with Gasteiger partial charge >= 0.3 is 0 Å². The second-order valence-corrected chi connectivity index (χ2v) is 13.7. The van der Waals surface area contributed by atoms with Gasteiger partial charge in [0.25, 0.3) is 0 Å². The standard InChI is InChI=1S/C46H32N4/c1-46(2)38-21-11-13-23-40(38)50(41-24-14-12-22-39(41)46)33-26-31-25-32(27-36-34-19-9-10-20-35(34)37(28-33)42(31)36)45-48-43(29-15-5-3-6-16-29)47-44(49-45)30-17-7-4-8-18-30/h3-28H,1-2H3. The lowest BCUT2D eigenvalue weighted by atomic mass is 9.73. The molecule has 2 aliphatic rings. The lowest BCUT2D eigenvalue weighted by molar-refractivity contribution is 0.632. The van der Waals surface area contributed by atoms with E-state index in [0.717, 1.165) is 27.8 Å². The summed E-state index contributed by atoms with van der Waals surface area (Å²) in [5.74, 6) is 1.97. The fourth-order valence-electron chi connectivity index (χ4n) is 8.02. The third kappa shape index (κ3) is 4.28. The fourth-order valence-corrected chi connectivity index (χ4v) is 8.02. The van der Waals surface area contributed by atoms with E-state index in [9.17, 15) is 0 Å². The zero-order valence-electron chi connectivity index (χ0n) is 27.8. The zero-order chi connectivity index (χ0) is 33.4. The van der Waals surface area contributed by atoms with Crippen molar-refractivity contribution in [3.05, 3.63) is 169 Å². The van der Waals surface area contributed by atoms with Crippen LogP contribution in [0.1, 0.15) is 25.0 Å². The molecule has 4 heteroatoms. The molecular formula is C46H32N4. The molecule has 0 N–H and O–H groups in total. The van der Waals surface area contributed by atoms with Gasteiger partial charge in [0, 0.05) is 27.8 Å². The Kier molecular flexibility index (Phi) is 6.19. The van der Waals surface area contributed by atoms with Gasteiger partial charge in [-0.2, -0.15) is 0 Å². The lowest BCUT2D eigenvalue weighted by Gasteiger charge is -2.42. The van der Waals surface area contributed by atoms with Gasteiger partial charge in [0.1, 0.15) is 0 Å². The van der Waals surface area contributed by atoms with Crippen molar-refractivity contribution in [3.63, 3.8) is 0 Å². The van der Waals surface area contributed by atoms with Crippen molar-refractivity contribution in [1.29, 1.82) is 0 Å². The van der Waals surface area contributed by atoms with Gasteiger partial charge in [0.05, 0.1) is 11.4 Å². The van der Waals surface area contributed by atoms with Gasteiger partial charge in [0.2, 0.25) is 0 Å². The first-order valence-electron chi connectivity index (χ1n) is 17.1. The molecule has 0 unspecified atom stereocenters. The normalized spacial score (nSPS) is 13.5. The summed E-state index contributed by atoms with van der Waals surface area (Å²) in [6.07, 6.45) is 0. The van der Waals surface area contributed by atoms with Crippen molar-refractivity contribution in [3.8, 4) is 56.4 Å². The minimum absolute atomic E-state index is 0.129. The average molecular weight is 641 g/mol. The third-order valence-corrected chi connectivity index (χ3v) is 10.4. The Morgan fingerprint density at radius 3 is 1.44 bits per heavy atom. The number of benzene rings is 7. The average Bonchev–Trinajstić information content (AvgIpc) is 3.49. The molecule has 0 saturated heterocycles. The smallest absolute Gasteiger partial charge is 0.164 e. The summed E-state index contributed by atoms with van der Waals surface area (Å²) in [6, 6.07) is 56.0. The Balaban J connectivity index is 1.24. The van der Waals surface area contributed by atoms with Crippen molar-refractivity contribution < 1.29 is 0 Å². The predicted molar refractivity (Wildman–Crippen MR) is 205 cm³/mol. The van der Waals surface area contributed by atoms with E-state index in [-0.39, 0.29) is 5.41 Å².